The SMILES string of the molecule is O=C(O)CC1CCN(C(=O)c2cc(F)ccc2Br)C1. The van der Waals surface area contributed by atoms with Gasteiger partial charge in [0.2, 0.25) is 0 Å². The van der Waals surface area contributed by atoms with Gasteiger partial charge in [0.25, 0.3) is 5.91 Å². The molecule has 19 heavy (non-hydrogen) atoms. The minimum absolute atomic E-state index is 0.0196. The first-order valence-electron chi connectivity index (χ1n) is 5.93. The number of hydrogen-bond donors (Lipinski definition) is 1. The maximum absolute atomic E-state index is 13.2. The Morgan fingerprint density at radius 2 is 2.21 bits per heavy atom. The van der Waals surface area contributed by atoms with Crippen LogP contribution in [0.1, 0.15) is 23.2 Å². The van der Waals surface area contributed by atoms with Crippen LogP contribution in [0, 0.1) is 11.7 Å². The van der Waals surface area contributed by atoms with Gasteiger partial charge in [0.15, 0.2) is 0 Å². The maximum Gasteiger partial charge on any atom is 0.303 e. The number of amides is 1. The Kier molecular flexibility index (Phi) is 4.19. The smallest absolute Gasteiger partial charge is 0.303 e. The minimum atomic E-state index is -0.855. The van der Waals surface area contributed by atoms with Crippen molar-refractivity contribution in [1.29, 1.82) is 0 Å². The van der Waals surface area contributed by atoms with Gasteiger partial charge in [-0.1, -0.05) is 0 Å². The summed E-state index contributed by atoms with van der Waals surface area (Å²) < 4.78 is 13.7. The number of rotatable bonds is 3. The lowest BCUT2D eigenvalue weighted by atomic mass is 10.1. The lowest BCUT2D eigenvalue weighted by molar-refractivity contribution is -0.138. The van der Waals surface area contributed by atoms with E-state index >= 15 is 0 Å². The van der Waals surface area contributed by atoms with Gasteiger partial charge in [-0.2, -0.15) is 0 Å². The van der Waals surface area contributed by atoms with Crippen molar-refractivity contribution in [3.8, 4) is 0 Å². The molecule has 102 valence electrons. The lowest BCUT2D eigenvalue weighted by Gasteiger charge is -2.17. The van der Waals surface area contributed by atoms with E-state index in [0.29, 0.717) is 24.0 Å². The van der Waals surface area contributed by atoms with Crippen LogP contribution in [0.3, 0.4) is 0 Å². The van der Waals surface area contributed by atoms with Crippen LogP contribution in [0.4, 0.5) is 4.39 Å². The molecular weight excluding hydrogens is 317 g/mol. The van der Waals surface area contributed by atoms with Crippen LogP contribution in [0.15, 0.2) is 22.7 Å². The molecule has 1 fully saturated rings. The molecule has 1 unspecified atom stereocenters. The summed E-state index contributed by atoms with van der Waals surface area (Å²) >= 11 is 3.23. The third kappa shape index (κ3) is 3.32. The topological polar surface area (TPSA) is 57.6 Å². The van der Waals surface area contributed by atoms with Crippen molar-refractivity contribution in [1.82, 2.24) is 4.90 Å². The monoisotopic (exact) mass is 329 g/mol. The summed E-state index contributed by atoms with van der Waals surface area (Å²) in [6.45, 7) is 0.924. The molecule has 2 rings (SSSR count). The van der Waals surface area contributed by atoms with Crippen molar-refractivity contribution in [3.63, 3.8) is 0 Å². The van der Waals surface area contributed by atoms with Crippen LogP contribution in [0.2, 0.25) is 0 Å². The molecule has 0 aromatic heterocycles. The van der Waals surface area contributed by atoms with Crippen molar-refractivity contribution in [2.45, 2.75) is 12.8 Å². The second kappa shape index (κ2) is 5.69. The van der Waals surface area contributed by atoms with Crippen molar-refractivity contribution < 1.29 is 19.1 Å². The average molecular weight is 330 g/mol. The molecule has 6 heteroatoms. The Bertz CT molecular complexity index is 521. The Morgan fingerprint density at radius 1 is 1.47 bits per heavy atom. The molecule has 1 aliphatic rings. The molecule has 4 nitrogen and oxygen atoms in total. The highest BCUT2D eigenvalue weighted by molar-refractivity contribution is 9.10. The molecule has 0 bridgehead atoms. The molecule has 0 radical (unpaired) electrons. The second-order valence-electron chi connectivity index (χ2n) is 4.63. The number of nitrogens with zero attached hydrogens (tertiary/aromatic N) is 1. The Hall–Kier alpha value is -1.43. The maximum atomic E-state index is 13.2. The van der Waals surface area contributed by atoms with Gasteiger partial charge in [0.05, 0.1) is 5.56 Å². The third-order valence-corrected chi connectivity index (χ3v) is 3.89. The summed E-state index contributed by atoms with van der Waals surface area (Å²) in [6.07, 6.45) is 0.735. The summed E-state index contributed by atoms with van der Waals surface area (Å²) in [5.74, 6) is -1.60. The molecule has 1 atom stereocenters. The van der Waals surface area contributed by atoms with Crippen molar-refractivity contribution in [3.05, 3.63) is 34.1 Å². The number of hydrogen-bond acceptors (Lipinski definition) is 2. The zero-order chi connectivity index (χ0) is 14.0. The van der Waals surface area contributed by atoms with Gasteiger partial charge in [0.1, 0.15) is 5.82 Å². The van der Waals surface area contributed by atoms with Gasteiger partial charge in [-0.3, -0.25) is 9.59 Å². The highest BCUT2D eigenvalue weighted by Gasteiger charge is 2.29. The largest absolute Gasteiger partial charge is 0.481 e. The lowest BCUT2D eigenvalue weighted by Crippen LogP contribution is -2.29. The number of aliphatic carboxylic acids is 1. The molecule has 0 spiro atoms. The van der Waals surface area contributed by atoms with Gasteiger partial charge in [0, 0.05) is 24.0 Å². The van der Waals surface area contributed by atoms with Crippen LogP contribution < -0.4 is 0 Å². The van der Waals surface area contributed by atoms with Gasteiger partial charge in [-0.15, -0.1) is 0 Å². The molecule has 1 aliphatic heterocycles. The van der Waals surface area contributed by atoms with Crippen molar-refractivity contribution in [2.24, 2.45) is 5.92 Å². The Labute approximate surface area is 118 Å². The van der Waals surface area contributed by atoms with E-state index in [1.54, 1.807) is 4.90 Å². The van der Waals surface area contributed by atoms with E-state index in [-0.39, 0.29) is 23.8 Å². The molecule has 1 aromatic rings. The summed E-state index contributed by atoms with van der Waals surface area (Å²) in [5, 5.41) is 8.74. The van der Waals surface area contributed by atoms with E-state index in [0.717, 1.165) is 0 Å². The molecule has 0 saturated carbocycles. The predicted molar refractivity (Wildman–Crippen MR) is 70.4 cm³/mol. The molecule has 1 saturated heterocycles. The van der Waals surface area contributed by atoms with Crippen molar-refractivity contribution in [2.75, 3.05) is 13.1 Å². The molecule has 1 amide bonds. The number of carbonyl (C=O) groups excluding carboxylic acids is 1. The average Bonchev–Trinajstić information content (AvgIpc) is 2.79. The first-order valence-corrected chi connectivity index (χ1v) is 6.73. The van der Waals surface area contributed by atoms with Gasteiger partial charge in [-0.05, 0) is 46.5 Å². The Morgan fingerprint density at radius 3 is 2.89 bits per heavy atom. The zero-order valence-electron chi connectivity index (χ0n) is 10.1. The highest BCUT2D eigenvalue weighted by Crippen LogP contribution is 2.25. The molecule has 1 heterocycles. The van der Waals surface area contributed by atoms with Crippen LogP contribution in [-0.4, -0.2) is 35.0 Å². The Balaban J connectivity index is 2.09. The summed E-state index contributed by atoms with van der Waals surface area (Å²) in [5.41, 5.74) is 0.274. The van der Waals surface area contributed by atoms with E-state index in [9.17, 15) is 14.0 Å². The van der Waals surface area contributed by atoms with Gasteiger partial charge in [-0.25, -0.2) is 4.39 Å². The fraction of sp³-hybridized carbons (Fsp3) is 0.385. The first kappa shape index (κ1) is 14.0. The third-order valence-electron chi connectivity index (χ3n) is 3.20. The number of benzene rings is 1. The van der Waals surface area contributed by atoms with Gasteiger partial charge >= 0.3 is 5.97 Å². The quantitative estimate of drug-likeness (QED) is 0.927. The minimum Gasteiger partial charge on any atom is -0.481 e. The highest BCUT2D eigenvalue weighted by atomic mass is 79.9. The summed E-state index contributed by atoms with van der Waals surface area (Å²) in [7, 11) is 0. The van der Waals surface area contributed by atoms with Crippen LogP contribution in [0.5, 0.6) is 0 Å². The van der Waals surface area contributed by atoms with Crippen LogP contribution in [-0.2, 0) is 4.79 Å². The number of halogens is 2. The fourth-order valence-corrected chi connectivity index (χ4v) is 2.68. The number of likely N-dealkylation sites (tertiary alicyclic amines) is 1. The molecule has 0 aliphatic carbocycles. The molecule has 1 aromatic carbocycles. The van der Waals surface area contributed by atoms with Crippen LogP contribution >= 0.6 is 15.9 Å². The molecular formula is C13H13BrFNO3. The standard InChI is InChI=1S/C13H13BrFNO3/c14-11-2-1-9(15)6-10(11)13(19)16-4-3-8(7-16)5-12(17)18/h1-2,6,8H,3-5,7H2,(H,17,18). The summed E-state index contributed by atoms with van der Waals surface area (Å²) in [4.78, 5) is 24.4. The van der Waals surface area contributed by atoms with E-state index in [1.165, 1.54) is 18.2 Å². The van der Waals surface area contributed by atoms with Crippen molar-refractivity contribution >= 4 is 27.8 Å². The van der Waals surface area contributed by atoms with Gasteiger partial charge < -0.3 is 10.0 Å². The number of carboxylic acids is 1. The second-order valence-corrected chi connectivity index (χ2v) is 5.48. The van der Waals surface area contributed by atoms with E-state index in [1.807, 2.05) is 0 Å². The number of carboxylic acid groups (broad SMARTS) is 1. The normalized spacial score (nSPS) is 18.6. The van der Waals surface area contributed by atoms with E-state index in [4.69, 9.17) is 5.11 Å². The number of carbonyl (C=O) groups is 2. The molecule has 1 N–H and O–H groups in total. The summed E-state index contributed by atoms with van der Waals surface area (Å²) in [6, 6.07) is 3.96. The fourth-order valence-electron chi connectivity index (χ4n) is 2.26. The zero-order valence-corrected chi connectivity index (χ0v) is 11.7. The van der Waals surface area contributed by atoms with E-state index in [2.05, 4.69) is 15.9 Å². The predicted octanol–water partition coefficient (Wildman–Crippen LogP) is 2.53. The first-order chi connectivity index (χ1) is 8.97. The van der Waals surface area contributed by atoms with Crippen LogP contribution in [0.25, 0.3) is 0 Å². The van der Waals surface area contributed by atoms with E-state index < -0.39 is 11.8 Å².